The van der Waals surface area contributed by atoms with Gasteiger partial charge in [0.25, 0.3) is 0 Å². The van der Waals surface area contributed by atoms with Gasteiger partial charge in [0.1, 0.15) is 5.82 Å². The minimum Gasteiger partial charge on any atom is -0.366 e. The molecule has 1 aliphatic carbocycles. The van der Waals surface area contributed by atoms with E-state index in [1.807, 2.05) is 12.1 Å². The lowest BCUT2D eigenvalue weighted by atomic mass is 10.1. The van der Waals surface area contributed by atoms with Crippen molar-refractivity contribution < 1.29 is 4.39 Å². The van der Waals surface area contributed by atoms with E-state index in [4.69, 9.17) is 0 Å². The quantitative estimate of drug-likeness (QED) is 0.810. The average molecular weight is 264 g/mol. The van der Waals surface area contributed by atoms with Crippen molar-refractivity contribution in [1.29, 1.82) is 0 Å². The minimum atomic E-state index is -0.0856. The molecule has 0 aliphatic heterocycles. The summed E-state index contributed by atoms with van der Waals surface area (Å²) in [5.41, 5.74) is 1.78. The Balaban J connectivity index is 1.99. The van der Waals surface area contributed by atoms with Gasteiger partial charge < -0.3 is 10.2 Å². The van der Waals surface area contributed by atoms with Crippen molar-refractivity contribution >= 4 is 5.69 Å². The summed E-state index contributed by atoms with van der Waals surface area (Å²) in [4.78, 5) is 2.18. The van der Waals surface area contributed by atoms with Crippen molar-refractivity contribution in [2.45, 2.75) is 46.2 Å². The Kier molecular flexibility index (Phi) is 4.81. The predicted octanol–water partition coefficient (Wildman–Crippen LogP) is 3.56. The van der Waals surface area contributed by atoms with E-state index in [1.54, 1.807) is 6.07 Å². The molecule has 3 heteroatoms. The van der Waals surface area contributed by atoms with Gasteiger partial charge in [0.2, 0.25) is 0 Å². The fourth-order valence-corrected chi connectivity index (χ4v) is 2.41. The smallest absolute Gasteiger partial charge is 0.146 e. The molecule has 0 unspecified atom stereocenters. The van der Waals surface area contributed by atoms with Crippen LogP contribution in [0.15, 0.2) is 18.2 Å². The zero-order chi connectivity index (χ0) is 13.8. The first-order valence-corrected chi connectivity index (χ1v) is 7.37. The average Bonchev–Trinajstić information content (AvgIpc) is 3.17. The van der Waals surface area contributed by atoms with Crippen LogP contribution in [0.25, 0.3) is 0 Å². The lowest BCUT2D eigenvalue weighted by Gasteiger charge is -2.23. The number of rotatable bonds is 7. The molecule has 0 atom stereocenters. The summed E-state index contributed by atoms with van der Waals surface area (Å²) in [6.45, 7) is 9.02. The Hall–Kier alpha value is -1.09. The third-order valence-corrected chi connectivity index (χ3v) is 3.53. The molecule has 1 aliphatic rings. The molecule has 0 amide bonds. The Bertz CT molecular complexity index is 413. The van der Waals surface area contributed by atoms with Crippen LogP contribution >= 0.6 is 0 Å². The van der Waals surface area contributed by atoms with Crippen LogP contribution < -0.4 is 10.2 Å². The number of hydrogen-bond acceptors (Lipinski definition) is 2. The van der Waals surface area contributed by atoms with Crippen LogP contribution in [-0.2, 0) is 6.54 Å². The monoisotopic (exact) mass is 264 g/mol. The molecule has 1 N–H and O–H groups in total. The molecule has 2 rings (SSSR count). The number of benzene rings is 1. The van der Waals surface area contributed by atoms with E-state index in [2.05, 4.69) is 31.0 Å². The summed E-state index contributed by atoms with van der Waals surface area (Å²) < 4.78 is 14.2. The maximum atomic E-state index is 14.2. The highest BCUT2D eigenvalue weighted by Crippen LogP contribution is 2.33. The lowest BCUT2D eigenvalue weighted by Crippen LogP contribution is -2.26. The summed E-state index contributed by atoms with van der Waals surface area (Å²) in [7, 11) is 0. The maximum absolute atomic E-state index is 14.2. The molecule has 0 radical (unpaired) electrons. The highest BCUT2D eigenvalue weighted by atomic mass is 19.1. The zero-order valence-electron chi connectivity index (χ0n) is 12.2. The van der Waals surface area contributed by atoms with Gasteiger partial charge in [-0.05, 0) is 49.9 Å². The van der Waals surface area contributed by atoms with E-state index in [0.29, 0.717) is 12.0 Å². The minimum absolute atomic E-state index is 0.0856. The Morgan fingerprint density at radius 1 is 1.37 bits per heavy atom. The molecule has 1 saturated carbocycles. The molecule has 1 aromatic rings. The van der Waals surface area contributed by atoms with Gasteiger partial charge in [-0.1, -0.05) is 19.9 Å². The standard InChI is InChI=1S/C16H25FN2/c1-4-19(14-6-7-14)16-8-5-13(9-15(16)17)11-18-10-12(2)3/h5,8-9,12,14,18H,4,6-7,10-11H2,1-3H3. The first kappa shape index (κ1) is 14.3. The van der Waals surface area contributed by atoms with Gasteiger partial charge >= 0.3 is 0 Å². The number of anilines is 1. The molecule has 1 fully saturated rings. The van der Waals surface area contributed by atoms with Crippen LogP contribution in [0, 0.1) is 11.7 Å². The normalized spacial score (nSPS) is 15.0. The number of hydrogen-bond donors (Lipinski definition) is 1. The molecular formula is C16H25FN2. The summed E-state index contributed by atoms with van der Waals surface area (Å²) in [6.07, 6.45) is 2.40. The molecule has 0 aromatic heterocycles. The molecular weight excluding hydrogens is 239 g/mol. The predicted molar refractivity (Wildman–Crippen MR) is 79.0 cm³/mol. The van der Waals surface area contributed by atoms with Gasteiger partial charge in [-0.2, -0.15) is 0 Å². The molecule has 2 nitrogen and oxygen atoms in total. The van der Waals surface area contributed by atoms with E-state index in [1.165, 1.54) is 12.8 Å². The Morgan fingerprint density at radius 2 is 2.11 bits per heavy atom. The largest absolute Gasteiger partial charge is 0.366 e. The second-order valence-corrected chi connectivity index (χ2v) is 5.83. The maximum Gasteiger partial charge on any atom is 0.146 e. The molecule has 0 bridgehead atoms. The highest BCUT2D eigenvalue weighted by molar-refractivity contribution is 5.51. The van der Waals surface area contributed by atoms with Crippen LogP contribution in [-0.4, -0.2) is 19.1 Å². The van der Waals surface area contributed by atoms with Crippen LogP contribution in [0.5, 0.6) is 0 Å². The molecule has 0 spiro atoms. The van der Waals surface area contributed by atoms with E-state index in [0.717, 1.165) is 30.9 Å². The van der Waals surface area contributed by atoms with Crippen LogP contribution in [0.2, 0.25) is 0 Å². The van der Waals surface area contributed by atoms with E-state index in [9.17, 15) is 4.39 Å². The second kappa shape index (κ2) is 6.38. The molecule has 0 heterocycles. The van der Waals surface area contributed by atoms with Gasteiger partial charge in [-0.25, -0.2) is 4.39 Å². The molecule has 19 heavy (non-hydrogen) atoms. The molecule has 0 saturated heterocycles. The summed E-state index contributed by atoms with van der Waals surface area (Å²) >= 11 is 0. The van der Waals surface area contributed by atoms with Crippen molar-refractivity contribution in [3.8, 4) is 0 Å². The van der Waals surface area contributed by atoms with Crippen LogP contribution in [0.3, 0.4) is 0 Å². The van der Waals surface area contributed by atoms with Crippen molar-refractivity contribution in [1.82, 2.24) is 5.32 Å². The van der Waals surface area contributed by atoms with Crippen molar-refractivity contribution in [2.75, 3.05) is 18.0 Å². The van der Waals surface area contributed by atoms with Crippen LogP contribution in [0.4, 0.5) is 10.1 Å². The number of nitrogens with one attached hydrogen (secondary N) is 1. The van der Waals surface area contributed by atoms with Gasteiger partial charge in [0.05, 0.1) is 5.69 Å². The van der Waals surface area contributed by atoms with Crippen molar-refractivity contribution in [2.24, 2.45) is 5.92 Å². The lowest BCUT2D eigenvalue weighted by molar-refractivity contribution is 0.549. The molecule has 106 valence electrons. The van der Waals surface area contributed by atoms with Gasteiger partial charge in [-0.15, -0.1) is 0 Å². The fourth-order valence-electron chi connectivity index (χ4n) is 2.41. The highest BCUT2D eigenvalue weighted by Gasteiger charge is 2.29. The fraction of sp³-hybridized carbons (Fsp3) is 0.625. The first-order valence-electron chi connectivity index (χ1n) is 7.37. The SMILES string of the molecule is CCN(c1ccc(CNCC(C)C)cc1F)C1CC1. The zero-order valence-corrected chi connectivity index (χ0v) is 12.2. The van der Waals surface area contributed by atoms with Crippen molar-refractivity contribution in [3.05, 3.63) is 29.6 Å². The summed E-state index contributed by atoms with van der Waals surface area (Å²) in [5, 5.41) is 3.35. The number of nitrogens with zero attached hydrogens (tertiary/aromatic N) is 1. The van der Waals surface area contributed by atoms with E-state index >= 15 is 0 Å². The second-order valence-electron chi connectivity index (χ2n) is 5.83. The van der Waals surface area contributed by atoms with Crippen LogP contribution in [0.1, 0.15) is 39.2 Å². The van der Waals surface area contributed by atoms with Crippen molar-refractivity contribution in [3.63, 3.8) is 0 Å². The van der Waals surface area contributed by atoms with E-state index < -0.39 is 0 Å². The van der Waals surface area contributed by atoms with Gasteiger partial charge in [0, 0.05) is 19.1 Å². The first-order chi connectivity index (χ1) is 9.11. The number of halogens is 1. The third kappa shape index (κ3) is 3.93. The van der Waals surface area contributed by atoms with Gasteiger partial charge in [-0.3, -0.25) is 0 Å². The topological polar surface area (TPSA) is 15.3 Å². The molecule has 1 aromatic carbocycles. The Morgan fingerprint density at radius 3 is 2.63 bits per heavy atom. The van der Waals surface area contributed by atoms with Gasteiger partial charge in [0.15, 0.2) is 0 Å². The third-order valence-electron chi connectivity index (χ3n) is 3.53. The summed E-state index contributed by atoms with van der Waals surface area (Å²) in [5.74, 6) is 0.534. The summed E-state index contributed by atoms with van der Waals surface area (Å²) in [6, 6.07) is 6.21. The van der Waals surface area contributed by atoms with E-state index in [-0.39, 0.29) is 5.82 Å². The Labute approximate surface area is 116 Å².